The van der Waals surface area contributed by atoms with Crippen molar-refractivity contribution in [2.24, 2.45) is 0 Å². The first-order valence-electron chi connectivity index (χ1n) is 4.69. The second-order valence-electron chi connectivity index (χ2n) is 3.48. The van der Waals surface area contributed by atoms with Gasteiger partial charge in [0.1, 0.15) is 5.82 Å². The maximum atomic E-state index is 13.1. The number of nitrogens with two attached hydrogens (primary N) is 1. The zero-order valence-electron chi connectivity index (χ0n) is 8.48. The van der Waals surface area contributed by atoms with E-state index >= 15 is 0 Å². The second kappa shape index (κ2) is 4.30. The molecule has 1 nitrogen and oxygen atoms in total. The summed E-state index contributed by atoms with van der Waals surface area (Å²) in [5, 5.41) is -0.0267. The van der Waals surface area contributed by atoms with Crippen molar-refractivity contribution in [3.63, 3.8) is 0 Å². The van der Waals surface area contributed by atoms with Crippen LogP contribution in [0.2, 0.25) is 5.02 Å². The first-order valence-corrected chi connectivity index (χ1v) is 5.07. The standard InChI is InChI=1S/C12H7ClF3N/c13-9-5-11(16)10(15)4-7(9)8-3-6(14)1-2-12(8)17/h1-5H,17H2. The van der Waals surface area contributed by atoms with Crippen molar-refractivity contribution in [1.29, 1.82) is 0 Å². The summed E-state index contributed by atoms with van der Waals surface area (Å²) < 4.78 is 39.1. The lowest BCUT2D eigenvalue weighted by atomic mass is 10.0. The summed E-state index contributed by atoms with van der Waals surface area (Å²) in [6.07, 6.45) is 0. The van der Waals surface area contributed by atoms with Crippen molar-refractivity contribution < 1.29 is 13.2 Å². The monoisotopic (exact) mass is 257 g/mol. The molecule has 5 heteroatoms. The number of rotatable bonds is 1. The van der Waals surface area contributed by atoms with Gasteiger partial charge in [-0.3, -0.25) is 0 Å². The van der Waals surface area contributed by atoms with Gasteiger partial charge in [0.15, 0.2) is 11.6 Å². The number of halogens is 4. The molecule has 2 aromatic rings. The third-order valence-corrected chi connectivity index (χ3v) is 2.63. The molecule has 88 valence electrons. The van der Waals surface area contributed by atoms with Crippen LogP contribution in [0.3, 0.4) is 0 Å². The molecule has 0 amide bonds. The van der Waals surface area contributed by atoms with Crippen LogP contribution >= 0.6 is 11.6 Å². The van der Waals surface area contributed by atoms with Gasteiger partial charge in [0.05, 0.1) is 5.02 Å². The molecule has 2 aromatic carbocycles. The number of benzene rings is 2. The molecule has 17 heavy (non-hydrogen) atoms. The molecule has 0 saturated carbocycles. The highest BCUT2D eigenvalue weighted by molar-refractivity contribution is 6.33. The van der Waals surface area contributed by atoms with Crippen LogP contribution in [0, 0.1) is 17.5 Å². The van der Waals surface area contributed by atoms with Crippen molar-refractivity contribution in [3.05, 3.63) is 52.8 Å². The smallest absolute Gasteiger partial charge is 0.160 e. The third kappa shape index (κ3) is 2.22. The molecule has 0 aromatic heterocycles. The highest BCUT2D eigenvalue weighted by Crippen LogP contribution is 2.33. The van der Waals surface area contributed by atoms with E-state index in [-0.39, 0.29) is 21.8 Å². The molecule has 0 saturated heterocycles. The van der Waals surface area contributed by atoms with Crippen LogP contribution in [-0.4, -0.2) is 0 Å². The van der Waals surface area contributed by atoms with Gasteiger partial charge in [0.25, 0.3) is 0 Å². The van der Waals surface area contributed by atoms with Gasteiger partial charge in [-0.25, -0.2) is 13.2 Å². The maximum Gasteiger partial charge on any atom is 0.160 e. The van der Waals surface area contributed by atoms with Gasteiger partial charge in [-0.1, -0.05) is 11.6 Å². The summed E-state index contributed by atoms with van der Waals surface area (Å²) in [6.45, 7) is 0. The molecular formula is C12H7ClF3N. The van der Waals surface area contributed by atoms with E-state index in [0.717, 1.165) is 18.2 Å². The summed E-state index contributed by atoms with van der Waals surface area (Å²) in [5.41, 5.74) is 6.26. The highest BCUT2D eigenvalue weighted by atomic mass is 35.5. The molecule has 0 spiro atoms. The van der Waals surface area contributed by atoms with E-state index in [1.54, 1.807) is 0 Å². The maximum absolute atomic E-state index is 13.1. The van der Waals surface area contributed by atoms with E-state index in [0.29, 0.717) is 0 Å². The van der Waals surface area contributed by atoms with Crippen LogP contribution in [0.5, 0.6) is 0 Å². The molecule has 0 heterocycles. The van der Waals surface area contributed by atoms with Crippen LogP contribution < -0.4 is 5.73 Å². The Morgan fingerprint density at radius 3 is 2.24 bits per heavy atom. The van der Waals surface area contributed by atoms with E-state index < -0.39 is 17.5 Å². The largest absolute Gasteiger partial charge is 0.398 e. The fourth-order valence-electron chi connectivity index (χ4n) is 1.49. The SMILES string of the molecule is Nc1ccc(F)cc1-c1cc(F)c(F)cc1Cl. The van der Waals surface area contributed by atoms with Crippen molar-refractivity contribution >= 4 is 17.3 Å². The lowest BCUT2D eigenvalue weighted by molar-refractivity contribution is 0.509. The lowest BCUT2D eigenvalue weighted by Crippen LogP contribution is -1.94. The predicted octanol–water partition coefficient (Wildman–Crippen LogP) is 4.01. The normalized spacial score (nSPS) is 10.6. The molecule has 0 bridgehead atoms. The van der Waals surface area contributed by atoms with Gasteiger partial charge in [-0.2, -0.15) is 0 Å². The molecule has 0 fully saturated rings. The van der Waals surface area contributed by atoms with E-state index in [1.165, 1.54) is 12.1 Å². The average Bonchev–Trinajstić information content (AvgIpc) is 2.27. The minimum Gasteiger partial charge on any atom is -0.398 e. The number of hydrogen-bond acceptors (Lipinski definition) is 1. The lowest BCUT2D eigenvalue weighted by Gasteiger charge is -2.08. The van der Waals surface area contributed by atoms with Crippen molar-refractivity contribution in [3.8, 4) is 11.1 Å². The Balaban J connectivity index is 2.68. The van der Waals surface area contributed by atoms with E-state index in [4.69, 9.17) is 17.3 Å². The minimum absolute atomic E-state index is 0.0267. The van der Waals surface area contributed by atoms with Crippen LogP contribution in [0.25, 0.3) is 11.1 Å². The van der Waals surface area contributed by atoms with Crippen molar-refractivity contribution in [1.82, 2.24) is 0 Å². The van der Waals surface area contributed by atoms with Crippen molar-refractivity contribution in [2.75, 3.05) is 5.73 Å². The Morgan fingerprint density at radius 2 is 1.53 bits per heavy atom. The molecule has 0 unspecified atom stereocenters. The number of nitrogen functional groups attached to an aromatic ring is 1. The Morgan fingerprint density at radius 1 is 0.882 bits per heavy atom. The Kier molecular flexibility index (Phi) is 2.98. The van der Waals surface area contributed by atoms with Crippen LogP contribution in [0.1, 0.15) is 0 Å². The second-order valence-corrected chi connectivity index (χ2v) is 3.88. The minimum atomic E-state index is -1.06. The molecule has 2 N–H and O–H groups in total. The van der Waals surface area contributed by atoms with Gasteiger partial charge in [-0.15, -0.1) is 0 Å². The van der Waals surface area contributed by atoms with Gasteiger partial charge in [-0.05, 0) is 30.3 Å². The van der Waals surface area contributed by atoms with Crippen LogP contribution in [0.15, 0.2) is 30.3 Å². The number of anilines is 1. The summed E-state index contributed by atoms with van der Waals surface area (Å²) in [7, 11) is 0. The van der Waals surface area contributed by atoms with Crippen molar-refractivity contribution in [2.45, 2.75) is 0 Å². The van der Waals surface area contributed by atoms with Gasteiger partial charge in [0, 0.05) is 16.8 Å². The highest BCUT2D eigenvalue weighted by Gasteiger charge is 2.12. The molecule has 0 aliphatic carbocycles. The summed E-state index contributed by atoms with van der Waals surface area (Å²) in [6, 6.07) is 5.35. The van der Waals surface area contributed by atoms with Gasteiger partial charge >= 0.3 is 0 Å². The van der Waals surface area contributed by atoms with Gasteiger partial charge < -0.3 is 5.73 Å². The van der Waals surface area contributed by atoms with Crippen LogP contribution in [-0.2, 0) is 0 Å². The summed E-state index contributed by atoms with van der Waals surface area (Å²) >= 11 is 5.78. The van der Waals surface area contributed by atoms with Gasteiger partial charge in [0.2, 0.25) is 0 Å². The fourth-order valence-corrected chi connectivity index (χ4v) is 1.74. The molecular weight excluding hydrogens is 251 g/mol. The first-order chi connectivity index (χ1) is 7.99. The quantitative estimate of drug-likeness (QED) is 0.606. The van der Waals surface area contributed by atoms with E-state index in [2.05, 4.69) is 0 Å². The zero-order chi connectivity index (χ0) is 12.6. The zero-order valence-corrected chi connectivity index (χ0v) is 9.23. The molecule has 2 rings (SSSR count). The molecule has 0 aliphatic heterocycles. The first kappa shape index (κ1) is 11.8. The Labute approximate surface area is 101 Å². The van der Waals surface area contributed by atoms with Crippen LogP contribution in [0.4, 0.5) is 18.9 Å². The molecule has 0 radical (unpaired) electrons. The molecule has 0 atom stereocenters. The third-order valence-electron chi connectivity index (χ3n) is 2.32. The number of hydrogen-bond donors (Lipinski definition) is 1. The average molecular weight is 258 g/mol. The molecule has 0 aliphatic rings. The van der Waals surface area contributed by atoms with E-state index in [1.807, 2.05) is 0 Å². The Bertz CT molecular complexity index is 584. The Hall–Kier alpha value is -1.68. The van der Waals surface area contributed by atoms with E-state index in [9.17, 15) is 13.2 Å². The summed E-state index contributed by atoms with van der Waals surface area (Å²) in [5.74, 6) is -2.66. The fraction of sp³-hybridized carbons (Fsp3) is 0. The summed E-state index contributed by atoms with van der Waals surface area (Å²) in [4.78, 5) is 0. The predicted molar refractivity (Wildman–Crippen MR) is 61.2 cm³/mol. The topological polar surface area (TPSA) is 26.0 Å².